The van der Waals surface area contributed by atoms with Crippen molar-refractivity contribution >= 4 is 0 Å². The van der Waals surface area contributed by atoms with Crippen molar-refractivity contribution in [2.45, 2.75) is 63.4 Å². The minimum atomic E-state index is -0.0344. The highest BCUT2D eigenvalue weighted by atomic mass is 16.3. The summed E-state index contributed by atoms with van der Waals surface area (Å²) in [6.07, 6.45) is 9.87. The van der Waals surface area contributed by atoms with Gasteiger partial charge in [0.2, 0.25) is 0 Å². The van der Waals surface area contributed by atoms with Crippen molar-refractivity contribution in [3.63, 3.8) is 0 Å². The molecule has 0 aromatic heterocycles. The summed E-state index contributed by atoms with van der Waals surface area (Å²) in [6, 6.07) is 8.94. The Morgan fingerprint density at radius 3 is 2.72 bits per heavy atom. The maximum atomic E-state index is 10.1. The Bertz CT molecular complexity index is 398. The number of rotatable bonds is 2. The molecule has 3 atom stereocenters. The zero-order chi connectivity index (χ0) is 12.4. The van der Waals surface area contributed by atoms with Crippen LogP contribution in [0.3, 0.4) is 0 Å². The molecule has 1 N–H and O–H groups in total. The van der Waals surface area contributed by atoms with Gasteiger partial charge in [-0.05, 0) is 61.5 Å². The summed E-state index contributed by atoms with van der Waals surface area (Å²) in [6.45, 7) is 0. The van der Waals surface area contributed by atoms with E-state index in [1.165, 1.54) is 44.9 Å². The fourth-order valence-corrected chi connectivity index (χ4v) is 3.93. The SMILES string of the molecule is OC1CCCCC1CC1CCCc2ccccc21. The van der Waals surface area contributed by atoms with Crippen LogP contribution in [0.15, 0.2) is 24.3 Å². The number of aliphatic hydroxyl groups is 1. The van der Waals surface area contributed by atoms with Crippen LogP contribution >= 0.6 is 0 Å². The van der Waals surface area contributed by atoms with Crippen molar-refractivity contribution in [2.75, 3.05) is 0 Å². The summed E-state index contributed by atoms with van der Waals surface area (Å²) in [5, 5.41) is 10.1. The number of aliphatic hydroxyl groups excluding tert-OH is 1. The van der Waals surface area contributed by atoms with Gasteiger partial charge in [-0.1, -0.05) is 37.1 Å². The number of benzene rings is 1. The average molecular weight is 244 g/mol. The highest BCUT2D eigenvalue weighted by molar-refractivity contribution is 5.32. The van der Waals surface area contributed by atoms with E-state index < -0.39 is 0 Å². The van der Waals surface area contributed by atoms with E-state index in [1.54, 1.807) is 11.1 Å². The van der Waals surface area contributed by atoms with Gasteiger partial charge in [0.15, 0.2) is 0 Å². The van der Waals surface area contributed by atoms with Gasteiger partial charge in [-0.2, -0.15) is 0 Å². The molecular formula is C17H24O. The molecule has 98 valence electrons. The zero-order valence-corrected chi connectivity index (χ0v) is 11.1. The maximum Gasteiger partial charge on any atom is 0.0568 e. The molecule has 18 heavy (non-hydrogen) atoms. The molecule has 0 radical (unpaired) electrons. The summed E-state index contributed by atoms with van der Waals surface area (Å²) in [5.41, 5.74) is 3.13. The monoisotopic (exact) mass is 244 g/mol. The largest absolute Gasteiger partial charge is 0.393 e. The van der Waals surface area contributed by atoms with Crippen LogP contribution in [0.2, 0.25) is 0 Å². The second kappa shape index (κ2) is 5.44. The topological polar surface area (TPSA) is 20.2 Å². The van der Waals surface area contributed by atoms with Crippen molar-refractivity contribution < 1.29 is 5.11 Å². The van der Waals surface area contributed by atoms with E-state index in [2.05, 4.69) is 24.3 Å². The summed E-state index contributed by atoms with van der Waals surface area (Å²) in [4.78, 5) is 0. The molecule has 0 amide bonds. The highest BCUT2D eigenvalue weighted by Gasteiger charge is 2.28. The van der Waals surface area contributed by atoms with E-state index in [1.807, 2.05) is 0 Å². The molecule has 0 saturated heterocycles. The minimum absolute atomic E-state index is 0.0344. The van der Waals surface area contributed by atoms with Crippen molar-refractivity contribution in [3.05, 3.63) is 35.4 Å². The average Bonchev–Trinajstić information content (AvgIpc) is 2.42. The summed E-state index contributed by atoms with van der Waals surface area (Å²) >= 11 is 0. The molecule has 2 aliphatic carbocycles. The Morgan fingerprint density at radius 1 is 1.00 bits per heavy atom. The van der Waals surface area contributed by atoms with Gasteiger partial charge in [-0.15, -0.1) is 0 Å². The van der Waals surface area contributed by atoms with Gasteiger partial charge in [0.25, 0.3) is 0 Å². The van der Waals surface area contributed by atoms with Gasteiger partial charge in [0.05, 0.1) is 6.10 Å². The number of fused-ring (bicyclic) bond motifs is 1. The Balaban J connectivity index is 1.73. The van der Waals surface area contributed by atoms with Gasteiger partial charge in [-0.25, -0.2) is 0 Å². The van der Waals surface area contributed by atoms with Crippen LogP contribution in [0.4, 0.5) is 0 Å². The van der Waals surface area contributed by atoms with E-state index in [0.29, 0.717) is 11.8 Å². The van der Waals surface area contributed by atoms with Crippen molar-refractivity contribution in [2.24, 2.45) is 5.92 Å². The number of hydrogen-bond acceptors (Lipinski definition) is 1. The van der Waals surface area contributed by atoms with E-state index in [0.717, 1.165) is 6.42 Å². The lowest BCUT2D eigenvalue weighted by Crippen LogP contribution is -2.27. The molecule has 1 aromatic rings. The molecule has 1 heteroatoms. The molecule has 2 aliphatic rings. The first kappa shape index (κ1) is 12.2. The van der Waals surface area contributed by atoms with E-state index in [9.17, 15) is 5.11 Å². The van der Waals surface area contributed by atoms with E-state index in [4.69, 9.17) is 0 Å². The molecule has 1 fully saturated rings. The maximum absolute atomic E-state index is 10.1. The lowest BCUT2D eigenvalue weighted by molar-refractivity contribution is 0.0603. The molecule has 1 aromatic carbocycles. The fraction of sp³-hybridized carbons (Fsp3) is 0.647. The molecule has 1 nitrogen and oxygen atoms in total. The Hall–Kier alpha value is -0.820. The molecule has 3 unspecified atom stereocenters. The van der Waals surface area contributed by atoms with E-state index >= 15 is 0 Å². The second-order valence-corrected chi connectivity index (χ2v) is 6.14. The first-order valence-electron chi connectivity index (χ1n) is 7.60. The normalized spacial score (nSPS) is 31.9. The van der Waals surface area contributed by atoms with Crippen LogP contribution in [-0.4, -0.2) is 11.2 Å². The van der Waals surface area contributed by atoms with Gasteiger partial charge < -0.3 is 5.11 Å². The first-order chi connectivity index (χ1) is 8.84. The van der Waals surface area contributed by atoms with Gasteiger partial charge >= 0.3 is 0 Å². The van der Waals surface area contributed by atoms with Crippen molar-refractivity contribution in [1.29, 1.82) is 0 Å². The molecule has 0 heterocycles. The van der Waals surface area contributed by atoms with Crippen LogP contribution < -0.4 is 0 Å². The number of aryl methyl sites for hydroxylation is 1. The molecule has 3 rings (SSSR count). The van der Waals surface area contributed by atoms with Crippen molar-refractivity contribution in [3.8, 4) is 0 Å². The van der Waals surface area contributed by atoms with Crippen LogP contribution in [0, 0.1) is 5.92 Å². The Kier molecular flexibility index (Phi) is 3.69. The summed E-state index contributed by atoms with van der Waals surface area (Å²) < 4.78 is 0. The third-order valence-electron chi connectivity index (χ3n) is 4.95. The molecule has 0 spiro atoms. The Labute approximate surface area is 110 Å². The van der Waals surface area contributed by atoms with E-state index in [-0.39, 0.29) is 6.10 Å². The zero-order valence-electron chi connectivity index (χ0n) is 11.1. The predicted octanol–water partition coefficient (Wildman–Crippen LogP) is 4.05. The third kappa shape index (κ3) is 2.47. The molecule has 1 saturated carbocycles. The molecular weight excluding hydrogens is 220 g/mol. The Morgan fingerprint density at radius 2 is 1.83 bits per heavy atom. The van der Waals surface area contributed by atoms with Crippen LogP contribution in [-0.2, 0) is 6.42 Å². The predicted molar refractivity (Wildman–Crippen MR) is 74.7 cm³/mol. The van der Waals surface area contributed by atoms with Crippen LogP contribution in [0.5, 0.6) is 0 Å². The van der Waals surface area contributed by atoms with Gasteiger partial charge in [0.1, 0.15) is 0 Å². The van der Waals surface area contributed by atoms with Crippen molar-refractivity contribution in [1.82, 2.24) is 0 Å². The van der Waals surface area contributed by atoms with Crippen LogP contribution in [0.1, 0.15) is 62.0 Å². The van der Waals surface area contributed by atoms with Crippen LogP contribution in [0.25, 0.3) is 0 Å². The fourth-order valence-electron chi connectivity index (χ4n) is 3.93. The first-order valence-corrected chi connectivity index (χ1v) is 7.60. The quantitative estimate of drug-likeness (QED) is 0.832. The second-order valence-electron chi connectivity index (χ2n) is 6.14. The lowest BCUT2D eigenvalue weighted by Gasteiger charge is -2.33. The summed E-state index contributed by atoms with van der Waals surface area (Å²) in [5.74, 6) is 1.25. The highest BCUT2D eigenvalue weighted by Crippen LogP contribution is 2.39. The molecule has 0 bridgehead atoms. The third-order valence-corrected chi connectivity index (χ3v) is 4.95. The van der Waals surface area contributed by atoms with Gasteiger partial charge in [0, 0.05) is 0 Å². The summed E-state index contributed by atoms with van der Waals surface area (Å²) in [7, 11) is 0. The molecule has 0 aliphatic heterocycles. The lowest BCUT2D eigenvalue weighted by atomic mass is 9.74. The standard InChI is InChI=1S/C17H24O/c18-17-11-4-2-7-15(17)12-14-9-5-8-13-6-1-3-10-16(13)14/h1,3,6,10,14-15,17-18H,2,4-5,7-9,11-12H2. The minimum Gasteiger partial charge on any atom is -0.393 e. The van der Waals surface area contributed by atoms with Gasteiger partial charge in [-0.3, -0.25) is 0 Å². The smallest absolute Gasteiger partial charge is 0.0568 e. The number of hydrogen-bond donors (Lipinski definition) is 1.